The van der Waals surface area contributed by atoms with Crippen molar-refractivity contribution in [1.82, 2.24) is 0 Å². The van der Waals surface area contributed by atoms with Crippen LogP contribution in [0.5, 0.6) is 0 Å². The normalized spacial score (nSPS) is 24.1. The van der Waals surface area contributed by atoms with E-state index in [4.69, 9.17) is 0 Å². The molecule has 4 nitrogen and oxygen atoms in total. The summed E-state index contributed by atoms with van der Waals surface area (Å²) in [5.74, 6) is -2.11. The molecule has 3 unspecified atom stereocenters. The molecule has 0 aromatic heterocycles. The Balaban J connectivity index is 1.79. The number of hydrogen-bond donors (Lipinski definition) is 1. The van der Waals surface area contributed by atoms with Gasteiger partial charge < -0.3 is 5.11 Å². The van der Waals surface area contributed by atoms with Crippen LogP contribution < -0.4 is 0 Å². The molecule has 0 radical (unpaired) electrons. The van der Waals surface area contributed by atoms with Crippen LogP contribution in [0.3, 0.4) is 0 Å². The molecule has 0 bridgehead atoms. The van der Waals surface area contributed by atoms with E-state index >= 15 is 0 Å². The lowest BCUT2D eigenvalue weighted by molar-refractivity contribution is -0.139. The number of aliphatic imine (C=N–C) groups is 1. The van der Waals surface area contributed by atoms with E-state index in [0.29, 0.717) is 24.1 Å². The largest absolute Gasteiger partial charge is 0.481 e. The maximum absolute atomic E-state index is 13.3. The number of aryl methyl sites for hydroxylation is 1. The van der Waals surface area contributed by atoms with Crippen molar-refractivity contribution in [1.29, 1.82) is 0 Å². The number of hydrogen-bond acceptors (Lipinski definition) is 3. The SMILES string of the molecule is CCc1ccc(C2C3=C(CC(c4ccccc4)CC3=O)N=C(C)C2C(=O)O)cc1. The van der Waals surface area contributed by atoms with E-state index in [9.17, 15) is 14.7 Å². The number of carboxylic acids is 1. The lowest BCUT2D eigenvalue weighted by Gasteiger charge is -2.36. The standard InChI is InChI=1S/C25H25NO3/c1-3-16-9-11-18(12-10-16)23-22(25(28)29)15(2)26-20-13-19(14-21(27)24(20)23)17-7-5-4-6-8-17/h4-12,19,22-23H,3,13-14H2,1-2H3,(H,28,29). The molecule has 0 fully saturated rings. The van der Waals surface area contributed by atoms with Gasteiger partial charge in [0.15, 0.2) is 5.78 Å². The zero-order valence-corrected chi connectivity index (χ0v) is 16.8. The van der Waals surface area contributed by atoms with Crippen molar-refractivity contribution >= 4 is 17.5 Å². The first-order valence-corrected chi connectivity index (χ1v) is 10.2. The van der Waals surface area contributed by atoms with Crippen molar-refractivity contribution in [2.45, 2.75) is 44.9 Å². The quantitative estimate of drug-likeness (QED) is 0.811. The summed E-state index contributed by atoms with van der Waals surface area (Å²) in [6.07, 6.45) is 1.98. The predicted molar refractivity (Wildman–Crippen MR) is 113 cm³/mol. The van der Waals surface area contributed by atoms with Gasteiger partial charge >= 0.3 is 5.97 Å². The average Bonchev–Trinajstić information content (AvgIpc) is 2.73. The summed E-state index contributed by atoms with van der Waals surface area (Å²) >= 11 is 0. The Morgan fingerprint density at radius 3 is 2.34 bits per heavy atom. The third kappa shape index (κ3) is 3.55. The fourth-order valence-corrected chi connectivity index (χ4v) is 4.66. The molecule has 0 amide bonds. The second-order valence-electron chi connectivity index (χ2n) is 7.94. The van der Waals surface area contributed by atoms with Crippen molar-refractivity contribution in [3.8, 4) is 0 Å². The van der Waals surface area contributed by atoms with E-state index in [1.165, 1.54) is 5.56 Å². The molecular formula is C25H25NO3. The highest BCUT2D eigenvalue weighted by Crippen LogP contribution is 2.46. The first-order chi connectivity index (χ1) is 14.0. The molecule has 1 N–H and O–H groups in total. The Labute approximate surface area is 171 Å². The van der Waals surface area contributed by atoms with Crippen molar-refractivity contribution in [2.24, 2.45) is 10.9 Å². The van der Waals surface area contributed by atoms with Crippen LogP contribution in [0.4, 0.5) is 0 Å². The molecule has 4 rings (SSSR count). The van der Waals surface area contributed by atoms with Gasteiger partial charge in [-0.15, -0.1) is 0 Å². The van der Waals surface area contributed by atoms with E-state index in [2.05, 4.69) is 11.9 Å². The summed E-state index contributed by atoms with van der Waals surface area (Å²) < 4.78 is 0. The van der Waals surface area contributed by atoms with Crippen LogP contribution in [0.1, 0.15) is 55.2 Å². The fourth-order valence-electron chi connectivity index (χ4n) is 4.66. The lowest BCUT2D eigenvalue weighted by Crippen LogP contribution is -2.37. The number of aliphatic carboxylic acids is 1. The molecule has 29 heavy (non-hydrogen) atoms. The topological polar surface area (TPSA) is 66.7 Å². The van der Waals surface area contributed by atoms with E-state index in [-0.39, 0.29) is 11.7 Å². The lowest BCUT2D eigenvalue weighted by atomic mass is 9.69. The molecule has 2 aromatic rings. The second-order valence-corrected chi connectivity index (χ2v) is 7.94. The summed E-state index contributed by atoms with van der Waals surface area (Å²) in [5.41, 5.74) is 5.12. The molecule has 0 saturated heterocycles. The van der Waals surface area contributed by atoms with E-state index in [0.717, 1.165) is 23.2 Å². The van der Waals surface area contributed by atoms with Crippen molar-refractivity contribution < 1.29 is 14.7 Å². The smallest absolute Gasteiger partial charge is 0.313 e. The van der Waals surface area contributed by atoms with Crippen LogP contribution in [0.25, 0.3) is 0 Å². The zero-order valence-electron chi connectivity index (χ0n) is 16.8. The molecule has 3 atom stereocenters. The number of benzene rings is 2. The maximum Gasteiger partial charge on any atom is 0.313 e. The third-order valence-electron chi connectivity index (χ3n) is 6.17. The van der Waals surface area contributed by atoms with Gasteiger partial charge in [0.05, 0.1) is 0 Å². The van der Waals surface area contributed by atoms with E-state index < -0.39 is 17.8 Å². The molecule has 148 valence electrons. The Hall–Kier alpha value is -3.01. The second kappa shape index (κ2) is 7.78. The number of carboxylic acid groups (broad SMARTS) is 1. The Bertz CT molecular complexity index is 1000. The van der Waals surface area contributed by atoms with Gasteiger partial charge in [-0.3, -0.25) is 14.6 Å². The Kier molecular flexibility index (Phi) is 5.18. The van der Waals surface area contributed by atoms with Gasteiger partial charge in [0, 0.05) is 29.3 Å². The summed E-state index contributed by atoms with van der Waals surface area (Å²) in [6.45, 7) is 3.86. The van der Waals surface area contributed by atoms with Crippen LogP contribution in [0.15, 0.2) is 70.9 Å². The van der Waals surface area contributed by atoms with Gasteiger partial charge in [0.25, 0.3) is 0 Å². The minimum Gasteiger partial charge on any atom is -0.481 e. The number of Topliss-reactive ketones (excluding diaryl/α,β-unsaturated/α-hetero) is 1. The Morgan fingerprint density at radius 1 is 1.03 bits per heavy atom. The van der Waals surface area contributed by atoms with Gasteiger partial charge in [-0.1, -0.05) is 61.5 Å². The van der Waals surface area contributed by atoms with Crippen LogP contribution in [-0.4, -0.2) is 22.6 Å². The number of rotatable bonds is 4. The maximum atomic E-state index is 13.3. The van der Waals surface area contributed by atoms with Gasteiger partial charge in [-0.05, 0) is 42.4 Å². The minimum absolute atomic E-state index is 0.0205. The highest BCUT2D eigenvalue weighted by Gasteiger charge is 2.44. The number of allylic oxidation sites excluding steroid dienone is 2. The third-order valence-corrected chi connectivity index (χ3v) is 6.17. The van der Waals surface area contributed by atoms with Crippen LogP contribution in [-0.2, 0) is 16.0 Å². The Morgan fingerprint density at radius 2 is 1.72 bits per heavy atom. The van der Waals surface area contributed by atoms with E-state index in [1.54, 1.807) is 6.92 Å². The van der Waals surface area contributed by atoms with Gasteiger partial charge in [-0.2, -0.15) is 0 Å². The van der Waals surface area contributed by atoms with Gasteiger partial charge in [0.1, 0.15) is 5.92 Å². The van der Waals surface area contributed by atoms with Gasteiger partial charge in [-0.25, -0.2) is 0 Å². The molecule has 2 aliphatic rings. The molecule has 2 aromatic carbocycles. The number of carbonyl (C=O) groups is 2. The van der Waals surface area contributed by atoms with Crippen LogP contribution in [0, 0.1) is 5.92 Å². The molecular weight excluding hydrogens is 362 g/mol. The number of nitrogens with zero attached hydrogens (tertiary/aromatic N) is 1. The zero-order chi connectivity index (χ0) is 20.5. The molecule has 1 heterocycles. The van der Waals surface area contributed by atoms with Crippen LogP contribution >= 0.6 is 0 Å². The summed E-state index contributed by atoms with van der Waals surface area (Å²) in [7, 11) is 0. The molecule has 1 aliphatic heterocycles. The highest BCUT2D eigenvalue weighted by molar-refractivity contribution is 6.08. The average molecular weight is 387 g/mol. The minimum atomic E-state index is -0.930. The first-order valence-electron chi connectivity index (χ1n) is 10.2. The molecule has 0 spiro atoms. The van der Waals surface area contributed by atoms with Crippen molar-refractivity contribution in [2.75, 3.05) is 0 Å². The fraction of sp³-hybridized carbons (Fsp3) is 0.320. The van der Waals surface area contributed by atoms with Gasteiger partial charge in [0.2, 0.25) is 0 Å². The summed E-state index contributed by atoms with van der Waals surface area (Å²) in [4.78, 5) is 30.0. The highest BCUT2D eigenvalue weighted by atomic mass is 16.4. The summed E-state index contributed by atoms with van der Waals surface area (Å²) in [5, 5.41) is 9.93. The predicted octanol–water partition coefficient (Wildman–Crippen LogP) is 4.91. The first kappa shape index (κ1) is 19.3. The molecule has 4 heteroatoms. The van der Waals surface area contributed by atoms with Crippen molar-refractivity contribution in [3.05, 3.63) is 82.6 Å². The monoisotopic (exact) mass is 387 g/mol. The number of ketones is 1. The number of carbonyl (C=O) groups excluding carboxylic acids is 1. The van der Waals surface area contributed by atoms with Crippen LogP contribution in [0.2, 0.25) is 0 Å². The molecule has 1 aliphatic carbocycles. The molecule has 0 saturated carbocycles. The summed E-state index contributed by atoms with van der Waals surface area (Å²) in [6, 6.07) is 18.0. The van der Waals surface area contributed by atoms with E-state index in [1.807, 2.05) is 54.6 Å². The van der Waals surface area contributed by atoms with Crippen molar-refractivity contribution in [3.63, 3.8) is 0 Å².